The Bertz CT molecular complexity index is 1330. The highest BCUT2D eigenvalue weighted by Crippen LogP contribution is 2.43. The molecule has 3 aliphatic heterocycles. The first-order valence-electron chi connectivity index (χ1n) is 15.9. The van der Waals surface area contributed by atoms with E-state index in [9.17, 15) is 19.5 Å². The van der Waals surface area contributed by atoms with E-state index in [-0.39, 0.29) is 31.1 Å². The highest BCUT2D eigenvalue weighted by molar-refractivity contribution is 5.98. The Morgan fingerprint density at radius 2 is 1.75 bits per heavy atom. The normalized spacial score (nSPS) is 20.9. The zero-order chi connectivity index (χ0) is 31.2. The van der Waals surface area contributed by atoms with Gasteiger partial charge in [-0.2, -0.15) is 0 Å². The smallest absolute Gasteiger partial charge is 0.308 e. The van der Waals surface area contributed by atoms with Gasteiger partial charge in [0.25, 0.3) is 5.91 Å². The average molecular weight is 607 g/mol. The second kappa shape index (κ2) is 14.4. The minimum absolute atomic E-state index is 0.0242. The summed E-state index contributed by atoms with van der Waals surface area (Å²) in [6, 6.07) is 12.8. The molecule has 2 aromatic carbocycles. The predicted octanol–water partition coefficient (Wildman–Crippen LogP) is 3.90. The van der Waals surface area contributed by atoms with E-state index in [0.29, 0.717) is 56.2 Å². The fourth-order valence-electron chi connectivity index (χ4n) is 6.83. The van der Waals surface area contributed by atoms with Crippen molar-refractivity contribution >= 4 is 17.8 Å². The fraction of sp³-hybridized carbons (Fsp3) is 0.559. The van der Waals surface area contributed by atoms with Gasteiger partial charge in [-0.05, 0) is 75.6 Å². The first-order chi connectivity index (χ1) is 21.3. The number of carboxylic acid groups (broad SMARTS) is 1. The molecule has 1 fully saturated rings. The van der Waals surface area contributed by atoms with Crippen LogP contribution in [-0.4, -0.2) is 109 Å². The minimum atomic E-state index is -0.893. The molecule has 2 aromatic rings. The van der Waals surface area contributed by atoms with Crippen molar-refractivity contribution in [2.75, 3.05) is 60.2 Å². The van der Waals surface area contributed by atoms with Crippen molar-refractivity contribution < 1.29 is 29.0 Å². The van der Waals surface area contributed by atoms with Gasteiger partial charge in [0, 0.05) is 50.2 Å². The number of unbranched alkanes of at least 4 members (excludes halogenated alkanes) is 2. The molecule has 3 unspecified atom stereocenters. The molecule has 0 radical (unpaired) electrons. The van der Waals surface area contributed by atoms with E-state index < -0.39 is 17.9 Å². The monoisotopic (exact) mass is 606 g/mol. The van der Waals surface area contributed by atoms with Crippen LogP contribution in [0.1, 0.15) is 66.4 Å². The first kappa shape index (κ1) is 31.8. The molecule has 5 rings (SSSR count). The zero-order valence-corrected chi connectivity index (χ0v) is 26.2. The third-order valence-electron chi connectivity index (χ3n) is 9.21. The number of carbonyl (C=O) groups is 3. The molecule has 3 atom stereocenters. The van der Waals surface area contributed by atoms with Gasteiger partial charge in [0.05, 0.1) is 12.5 Å². The van der Waals surface area contributed by atoms with Crippen molar-refractivity contribution in [2.45, 2.75) is 57.5 Å². The van der Waals surface area contributed by atoms with Gasteiger partial charge in [-0.15, -0.1) is 0 Å². The topological polar surface area (TPSA) is 103 Å². The van der Waals surface area contributed by atoms with Crippen LogP contribution in [0.15, 0.2) is 42.5 Å². The van der Waals surface area contributed by atoms with Gasteiger partial charge in [0.15, 0.2) is 11.5 Å². The molecule has 44 heavy (non-hydrogen) atoms. The molecule has 0 aliphatic carbocycles. The van der Waals surface area contributed by atoms with Crippen molar-refractivity contribution in [3.05, 3.63) is 59.2 Å². The maximum absolute atomic E-state index is 13.8. The highest BCUT2D eigenvalue weighted by atomic mass is 16.7. The summed E-state index contributed by atoms with van der Waals surface area (Å²) in [6.45, 7) is 6.15. The molecule has 1 saturated heterocycles. The number of carboxylic acids is 1. The van der Waals surface area contributed by atoms with Gasteiger partial charge in [0.2, 0.25) is 12.7 Å². The molecule has 238 valence electrons. The summed E-state index contributed by atoms with van der Waals surface area (Å²) >= 11 is 0. The summed E-state index contributed by atoms with van der Waals surface area (Å²) in [6.07, 6.45) is 4.31. The Hall–Kier alpha value is -3.63. The third kappa shape index (κ3) is 7.18. The Balaban J connectivity index is 1.36. The van der Waals surface area contributed by atoms with E-state index in [4.69, 9.17) is 9.47 Å². The maximum Gasteiger partial charge on any atom is 0.308 e. The molecular weight excluding hydrogens is 560 g/mol. The van der Waals surface area contributed by atoms with Crippen LogP contribution in [0, 0.1) is 5.92 Å². The first-order valence-corrected chi connectivity index (χ1v) is 15.9. The van der Waals surface area contributed by atoms with Crippen LogP contribution in [0.25, 0.3) is 0 Å². The second-order valence-corrected chi connectivity index (χ2v) is 12.5. The summed E-state index contributed by atoms with van der Waals surface area (Å²) in [5.41, 5.74) is 2.56. The predicted molar refractivity (Wildman–Crippen MR) is 167 cm³/mol. The molecule has 3 heterocycles. The van der Waals surface area contributed by atoms with Gasteiger partial charge >= 0.3 is 5.97 Å². The molecular formula is C34H46N4O6. The summed E-state index contributed by atoms with van der Waals surface area (Å²) in [7, 11) is 4.11. The Morgan fingerprint density at radius 1 is 1.00 bits per heavy atom. The van der Waals surface area contributed by atoms with E-state index in [1.807, 2.05) is 47.4 Å². The van der Waals surface area contributed by atoms with Crippen LogP contribution >= 0.6 is 0 Å². The second-order valence-electron chi connectivity index (χ2n) is 12.5. The van der Waals surface area contributed by atoms with E-state index in [2.05, 4.69) is 30.8 Å². The lowest BCUT2D eigenvalue weighted by Crippen LogP contribution is -2.45. The molecule has 3 aliphatic rings. The van der Waals surface area contributed by atoms with E-state index >= 15 is 0 Å². The Morgan fingerprint density at radius 3 is 2.50 bits per heavy atom. The lowest BCUT2D eigenvalue weighted by molar-refractivity contribution is -0.144. The number of rotatable bonds is 15. The van der Waals surface area contributed by atoms with Crippen LogP contribution in [0.3, 0.4) is 0 Å². The van der Waals surface area contributed by atoms with Crippen molar-refractivity contribution in [3.63, 3.8) is 0 Å². The molecule has 0 saturated carbocycles. The molecule has 0 bridgehead atoms. The number of aliphatic carboxylic acids is 1. The van der Waals surface area contributed by atoms with Crippen molar-refractivity contribution in [1.29, 1.82) is 0 Å². The Labute approximate surface area is 260 Å². The largest absolute Gasteiger partial charge is 0.481 e. The van der Waals surface area contributed by atoms with E-state index in [0.717, 1.165) is 43.4 Å². The van der Waals surface area contributed by atoms with Gasteiger partial charge < -0.3 is 29.3 Å². The number of amides is 2. The number of nitrogens with zero attached hydrogens (tertiary/aromatic N) is 4. The van der Waals surface area contributed by atoms with Crippen LogP contribution < -0.4 is 9.47 Å². The van der Waals surface area contributed by atoms with Gasteiger partial charge in [-0.25, -0.2) is 0 Å². The van der Waals surface area contributed by atoms with Crippen molar-refractivity contribution in [1.82, 2.24) is 19.6 Å². The molecule has 10 heteroatoms. The SMILES string of the molecule is CCCCN(CCCCN(C)C)C(=O)CN1CC(c2ccc3c(c2)OCO3)C(C(=O)O)C1CCN1Cc2ccccc2C1=O. The maximum atomic E-state index is 13.8. The standard InChI is InChI=1S/C34H46N4O6/c1-4-5-16-36(17-9-8-15-35(2)3)31(39)22-38-21-27(24-12-13-29-30(19-24)44-23-43-29)32(34(41)42)28(38)14-18-37-20-25-10-6-7-11-26(25)33(37)40/h6-7,10-13,19,27-28,32H,4-5,8-9,14-18,20-23H2,1-3H3,(H,41,42). The highest BCUT2D eigenvalue weighted by Gasteiger charge is 2.47. The van der Waals surface area contributed by atoms with Crippen LogP contribution in [0.2, 0.25) is 0 Å². The fourth-order valence-corrected chi connectivity index (χ4v) is 6.83. The van der Waals surface area contributed by atoms with Crippen molar-refractivity contribution in [3.8, 4) is 11.5 Å². The van der Waals surface area contributed by atoms with Gasteiger partial charge in [-0.3, -0.25) is 19.3 Å². The van der Waals surface area contributed by atoms with E-state index in [1.165, 1.54) is 0 Å². The number of carbonyl (C=O) groups excluding carboxylic acids is 2. The molecule has 2 amide bonds. The minimum Gasteiger partial charge on any atom is -0.481 e. The summed E-state index contributed by atoms with van der Waals surface area (Å²) in [5.74, 6) is -0.702. The summed E-state index contributed by atoms with van der Waals surface area (Å²) in [4.78, 5) is 47.9. The third-order valence-corrected chi connectivity index (χ3v) is 9.21. The molecule has 1 N–H and O–H groups in total. The molecule has 10 nitrogen and oxygen atoms in total. The number of hydrogen-bond acceptors (Lipinski definition) is 7. The summed E-state index contributed by atoms with van der Waals surface area (Å²) < 4.78 is 11.1. The average Bonchev–Trinajstić information content (AvgIpc) is 3.70. The molecule has 0 spiro atoms. The van der Waals surface area contributed by atoms with E-state index in [1.54, 1.807) is 4.90 Å². The number of likely N-dealkylation sites (tertiary alicyclic amines) is 1. The number of hydrogen-bond donors (Lipinski definition) is 1. The molecule has 0 aromatic heterocycles. The number of ether oxygens (including phenoxy) is 2. The Kier molecular flexibility index (Phi) is 10.4. The van der Waals surface area contributed by atoms with Gasteiger partial charge in [-0.1, -0.05) is 37.6 Å². The van der Waals surface area contributed by atoms with Crippen LogP contribution in [0.4, 0.5) is 0 Å². The van der Waals surface area contributed by atoms with Gasteiger partial charge in [0.1, 0.15) is 0 Å². The lowest BCUT2D eigenvalue weighted by Gasteiger charge is -2.31. The number of benzene rings is 2. The number of fused-ring (bicyclic) bond motifs is 2. The quantitative estimate of drug-likeness (QED) is 0.305. The summed E-state index contributed by atoms with van der Waals surface area (Å²) in [5, 5.41) is 10.6. The van der Waals surface area contributed by atoms with Crippen LogP contribution in [-0.2, 0) is 16.1 Å². The van der Waals surface area contributed by atoms with Crippen molar-refractivity contribution in [2.24, 2.45) is 5.92 Å². The van der Waals surface area contributed by atoms with Crippen LogP contribution in [0.5, 0.6) is 11.5 Å². The zero-order valence-electron chi connectivity index (χ0n) is 26.2. The lowest BCUT2D eigenvalue weighted by atomic mass is 9.84.